The highest BCUT2D eigenvalue weighted by Gasteiger charge is 2.23. The summed E-state index contributed by atoms with van der Waals surface area (Å²) in [7, 11) is 0. The summed E-state index contributed by atoms with van der Waals surface area (Å²) in [6, 6.07) is 21.4. The lowest BCUT2D eigenvalue weighted by Gasteiger charge is -2.35. The first-order valence-electron chi connectivity index (χ1n) is 8.74. The Morgan fingerprint density at radius 1 is 1.00 bits per heavy atom. The van der Waals surface area contributed by atoms with Crippen molar-refractivity contribution in [2.75, 3.05) is 10.2 Å². The quantitative estimate of drug-likeness (QED) is 0.784. The predicted molar refractivity (Wildman–Crippen MR) is 102 cm³/mol. The Kier molecular flexibility index (Phi) is 4.34. The molecule has 0 aliphatic carbocycles. The zero-order valence-corrected chi connectivity index (χ0v) is 14.4. The van der Waals surface area contributed by atoms with Gasteiger partial charge in [0.15, 0.2) is 0 Å². The molecular formula is C21H22N4. The van der Waals surface area contributed by atoms with E-state index >= 15 is 0 Å². The number of nitrogens with zero attached hydrogens (tertiary/aromatic N) is 3. The molecule has 3 aromatic rings. The van der Waals surface area contributed by atoms with Crippen molar-refractivity contribution in [3.63, 3.8) is 0 Å². The predicted octanol–water partition coefficient (Wildman–Crippen LogP) is 4.04. The maximum Gasteiger partial charge on any atom is 0.224 e. The van der Waals surface area contributed by atoms with Crippen molar-refractivity contribution >= 4 is 11.8 Å². The minimum atomic E-state index is 0.423. The standard InChI is InChI=1S/C21H22N4/c1-16-13-18-9-5-6-10-19(18)15-25(16)20-11-12-22-21(24-20)23-14-17-7-3-2-4-8-17/h2-12,16H,13-15H2,1H3,(H,22,23,24)/t16-/m1/s1. The summed E-state index contributed by atoms with van der Waals surface area (Å²) in [5.41, 5.74) is 4.05. The Morgan fingerprint density at radius 3 is 2.60 bits per heavy atom. The lowest BCUT2D eigenvalue weighted by Crippen LogP contribution is -2.39. The van der Waals surface area contributed by atoms with E-state index in [0.29, 0.717) is 12.0 Å². The van der Waals surface area contributed by atoms with Crippen molar-refractivity contribution in [2.24, 2.45) is 0 Å². The maximum atomic E-state index is 4.74. The van der Waals surface area contributed by atoms with Crippen LogP contribution in [0.1, 0.15) is 23.6 Å². The van der Waals surface area contributed by atoms with E-state index in [1.165, 1.54) is 16.7 Å². The molecule has 1 atom stereocenters. The number of rotatable bonds is 4. The van der Waals surface area contributed by atoms with E-state index in [-0.39, 0.29) is 0 Å². The molecule has 2 aromatic carbocycles. The average Bonchev–Trinajstić information content (AvgIpc) is 2.67. The molecule has 1 N–H and O–H groups in total. The molecule has 0 unspecified atom stereocenters. The first-order chi connectivity index (χ1) is 12.3. The highest BCUT2D eigenvalue weighted by molar-refractivity contribution is 5.48. The van der Waals surface area contributed by atoms with Crippen LogP contribution in [-0.2, 0) is 19.5 Å². The lowest BCUT2D eigenvalue weighted by atomic mass is 9.95. The molecule has 0 spiro atoms. The lowest BCUT2D eigenvalue weighted by molar-refractivity contribution is 0.586. The van der Waals surface area contributed by atoms with Crippen molar-refractivity contribution in [2.45, 2.75) is 32.5 Å². The van der Waals surface area contributed by atoms with E-state index in [4.69, 9.17) is 4.98 Å². The molecule has 126 valence electrons. The Hall–Kier alpha value is -2.88. The summed E-state index contributed by atoms with van der Waals surface area (Å²) in [6.45, 7) is 3.88. The van der Waals surface area contributed by atoms with Crippen LogP contribution in [0.5, 0.6) is 0 Å². The van der Waals surface area contributed by atoms with E-state index in [9.17, 15) is 0 Å². The molecule has 0 amide bonds. The molecule has 2 heterocycles. The van der Waals surface area contributed by atoms with Gasteiger partial charge in [-0.05, 0) is 36.1 Å². The zero-order valence-electron chi connectivity index (χ0n) is 14.4. The fraction of sp³-hybridized carbons (Fsp3) is 0.238. The summed E-state index contributed by atoms with van der Waals surface area (Å²) in [6.07, 6.45) is 2.88. The number of benzene rings is 2. The third-order valence-electron chi connectivity index (χ3n) is 4.74. The normalized spacial score (nSPS) is 16.4. The van der Waals surface area contributed by atoms with Crippen LogP contribution in [0, 0.1) is 0 Å². The smallest absolute Gasteiger partial charge is 0.224 e. The Labute approximate surface area is 148 Å². The summed E-state index contributed by atoms with van der Waals surface area (Å²) in [4.78, 5) is 11.5. The van der Waals surface area contributed by atoms with Crippen LogP contribution < -0.4 is 10.2 Å². The molecule has 1 aromatic heterocycles. The minimum Gasteiger partial charge on any atom is -0.350 e. The molecule has 1 aliphatic heterocycles. The Bertz CT molecular complexity index is 847. The van der Waals surface area contributed by atoms with Gasteiger partial charge in [0.25, 0.3) is 0 Å². The number of aromatic nitrogens is 2. The van der Waals surface area contributed by atoms with Gasteiger partial charge in [-0.2, -0.15) is 4.98 Å². The third kappa shape index (κ3) is 3.48. The molecule has 0 fully saturated rings. The number of nitrogens with one attached hydrogen (secondary N) is 1. The molecule has 4 rings (SSSR count). The fourth-order valence-electron chi connectivity index (χ4n) is 3.36. The van der Waals surface area contributed by atoms with E-state index in [0.717, 1.165) is 25.3 Å². The van der Waals surface area contributed by atoms with Crippen LogP contribution >= 0.6 is 0 Å². The monoisotopic (exact) mass is 330 g/mol. The van der Waals surface area contributed by atoms with Crippen molar-refractivity contribution < 1.29 is 0 Å². The van der Waals surface area contributed by atoms with Gasteiger partial charge in [-0.3, -0.25) is 0 Å². The summed E-state index contributed by atoms with van der Waals surface area (Å²) in [5, 5.41) is 3.33. The molecule has 0 saturated heterocycles. The van der Waals surface area contributed by atoms with Crippen molar-refractivity contribution in [1.29, 1.82) is 0 Å². The van der Waals surface area contributed by atoms with Gasteiger partial charge in [-0.25, -0.2) is 4.98 Å². The molecule has 1 aliphatic rings. The summed E-state index contributed by atoms with van der Waals surface area (Å²) >= 11 is 0. The summed E-state index contributed by atoms with van der Waals surface area (Å²) in [5.74, 6) is 1.65. The van der Waals surface area contributed by atoms with Crippen molar-refractivity contribution in [3.05, 3.63) is 83.6 Å². The Balaban J connectivity index is 1.51. The molecule has 0 radical (unpaired) electrons. The fourth-order valence-corrected chi connectivity index (χ4v) is 3.36. The third-order valence-corrected chi connectivity index (χ3v) is 4.74. The number of fused-ring (bicyclic) bond motifs is 1. The zero-order chi connectivity index (χ0) is 17.1. The van der Waals surface area contributed by atoms with E-state index in [1.807, 2.05) is 30.5 Å². The van der Waals surface area contributed by atoms with Gasteiger partial charge in [0.1, 0.15) is 5.82 Å². The SMILES string of the molecule is C[C@@H]1Cc2ccccc2CN1c1ccnc(NCc2ccccc2)n1. The average molecular weight is 330 g/mol. The van der Waals surface area contributed by atoms with Crippen molar-refractivity contribution in [3.8, 4) is 0 Å². The molecule has 0 bridgehead atoms. The van der Waals surface area contributed by atoms with Crippen LogP contribution in [0.3, 0.4) is 0 Å². The molecule has 0 saturated carbocycles. The molecule has 25 heavy (non-hydrogen) atoms. The van der Waals surface area contributed by atoms with Crippen LogP contribution in [0.4, 0.5) is 11.8 Å². The van der Waals surface area contributed by atoms with Gasteiger partial charge < -0.3 is 10.2 Å². The largest absolute Gasteiger partial charge is 0.350 e. The van der Waals surface area contributed by atoms with Gasteiger partial charge >= 0.3 is 0 Å². The second-order valence-corrected chi connectivity index (χ2v) is 6.53. The molecule has 4 nitrogen and oxygen atoms in total. The highest BCUT2D eigenvalue weighted by Crippen LogP contribution is 2.27. The van der Waals surface area contributed by atoms with Gasteiger partial charge in [0.05, 0.1) is 0 Å². The topological polar surface area (TPSA) is 41.1 Å². The summed E-state index contributed by atoms with van der Waals surface area (Å²) < 4.78 is 0. The van der Waals surface area contributed by atoms with E-state index in [2.05, 4.69) is 58.5 Å². The van der Waals surface area contributed by atoms with Crippen LogP contribution in [-0.4, -0.2) is 16.0 Å². The van der Waals surface area contributed by atoms with Crippen LogP contribution in [0.15, 0.2) is 66.9 Å². The minimum absolute atomic E-state index is 0.423. The highest BCUT2D eigenvalue weighted by atomic mass is 15.2. The second-order valence-electron chi connectivity index (χ2n) is 6.53. The van der Waals surface area contributed by atoms with Crippen molar-refractivity contribution in [1.82, 2.24) is 9.97 Å². The molecule has 4 heteroatoms. The van der Waals surface area contributed by atoms with Crippen LogP contribution in [0.25, 0.3) is 0 Å². The van der Waals surface area contributed by atoms with Gasteiger partial charge in [0.2, 0.25) is 5.95 Å². The van der Waals surface area contributed by atoms with Crippen LogP contribution in [0.2, 0.25) is 0 Å². The number of anilines is 2. The van der Waals surface area contributed by atoms with E-state index < -0.39 is 0 Å². The maximum absolute atomic E-state index is 4.74. The van der Waals surface area contributed by atoms with Gasteiger partial charge in [-0.1, -0.05) is 54.6 Å². The van der Waals surface area contributed by atoms with Gasteiger partial charge in [-0.15, -0.1) is 0 Å². The number of hydrogen-bond acceptors (Lipinski definition) is 4. The van der Waals surface area contributed by atoms with E-state index in [1.54, 1.807) is 0 Å². The Morgan fingerprint density at radius 2 is 1.76 bits per heavy atom. The second kappa shape index (κ2) is 6.93. The number of hydrogen-bond donors (Lipinski definition) is 1. The molecular weight excluding hydrogens is 308 g/mol. The first-order valence-corrected chi connectivity index (χ1v) is 8.74. The van der Waals surface area contributed by atoms with Gasteiger partial charge in [0, 0.05) is 25.3 Å². The first kappa shape index (κ1) is 15.6.